The molecule has 1 fully saturated rings. The summed E-state index contributed by atoms with van der Waals surface area (Å²) in [6.07, 6.45) is 4.23. The fraction of sp³-hybridized carbons (Fsp3) is 0.435. The Hall–Kier alpha value is -2.45. The molecular weight excluding hydrogens is 419 g/mol. The van der Waals surface area contributed by atoms with Crippen LogP contribution < -0.4 is 9.46 Å². The van der Waals surface area contributed by atoms with Gasteiger partial charge in [-0.05, 0) is 67.6 Å². The molecule has 166 valence electrons. The molecule has 2 aromatic rings. The summed E-state index contributed by atoms with van der Waals surface area (Å²) in [5.41, 5.74) is 2.07. The van der Waals surface area contributed by atoms with Gasteiger partial charge in [0.05, 0.1) is 13.2 Å². The van der Waals surface area contributed by atoms with Crippen LogP contribution in [-0.4, -0.2) is 38.9 Å². The first-order valence-electron chi connectivity index (χ1n) is 10.6. The van der Waals surface area contributed by atoms with Crippen LogP contribution in [-0.2, 0) is 16.4 Å². The van der Waals surface area contributed by atoms with Crippen LogP contribution in [0, 0.1) is 5.82 Å². The third kappa shape index (κ3) is 4.32. The van der Waals surface area contributed by atoms with Crippen molar-refractivity contribution in [3.05, 3.63) is 58.9 Å². The second kappa shape index (κ2) is 8.59. The second-order valence-electron chi connectivity index (χ2n) is 8.24. The van der Waals surface area contributed by atoms with Gasteiger partial charge in [0.2, 0.25) is 10.0 Å². The molecular formula is C23H27FN2O4S. The number of methoxy groups -OCH3 is 1. The summed E-state index contributed by atoms with van der Waals surface area (Å²) in [4.78, 5) is 14.9. The molecule has 1 amide bonds. The molecule has 1 aliphatic carbocycles. The third-order valence-electron chi connectivity index (χ3n) is 6.29. The average molecular weight is 447 g/mol. The summed E-state index contributed by atoms with van der Waals surface area (Å²) in [6.45, 7) is 2.34. The summed E-state index contributed by atoms with van der Waals surface area (Å²) < 4.78 is 47.8. The van der Waals surface area contributed by atoms with E-state index in [2.05, 4.69) is 4.72 Å². The van der Waals surface area contributed by atoms with Gasteiger partial charge in [0.1, 0.15) is 16.5 Å². The molecule has 1 atom stereocenters. The van der Waals surface area contributed by atoms with E-state index in [0.717, 1.165) is 36.8 Å². The van der Waals surface area contributed by atoms with Gasteiger partial charge < -0.3 is 9.64 Å². The van der Waals surface area contributed by atoms with Crippen LogP contribution >= 0.6 is 0 Å². The van der Waals surface area contributed by atoms with Gasteiger partial charge >= 0.3 is 0 Å². The molecule has 1 saturated carbocycles. The molecule has 2 aliphatic rings. The van der Waals surface area contributed by atoms with Crippen molar-refractivity contribution >= 4 is 15.9 Å². The normalized spacial score (nSPS) is 19.3. The van der Waals surface area contributed by atoms with Crippen LogP contribution in [0.2, 0.25) is 0 Å². The third-order valence-corrected chi connectivity index (χ3v) is 7.83. The lowest BCUT2D eigenvalue weighted by Crippen LogP contribution is -2.39. The van der Waals surface area contributed by atoms with Gasteiger partial charge in [-0.1, -0.05) is 18.9 Å². The number of fused-ring (bicyclic) bond motifs is 1. The lowest BCUT2D eigenvalue weighted by molar-refractivity contribution is 0.0677. The highest BCUT2D eigenvalue weighted by Gasteiger charge is 2.31. The summed E-state index contributed by atoms with van der Waals surface area (Å²) in [5.74, 6) is -0.431. The number of hydrogen-bond acceptors (Lipinski definition) is 4. The Labute approximate surface area is 182 Å². The molecule has 0 saturated heterocycles. The molecule has 8 heteroatoms. The first kappa shape index (κ1) is 21.8. The van der Waals surface area contributed by atoms with Gasteiger partial charge in [-0.2, -0.15) is 0 Å². The number of sulfonamides is 1. The smallest absolute Gasteiger partial charge is 0.254 e. The highest BCUT2D eigenvalue weighted by Crippen LogP contribution is 2.33. The van der Waals surface area contributed by atoms with Gasteiger partial charge in [0.15, 0.2) is 0 Å². The average Bonchev–Trinajstić information content (AvgIpc) is 3.26. The van der Waals surface area contributed by atoms with E-state index in [4.69, 9.17) is 4.74 Å². The van der Waals surface area contributed by atoms with E-state index in [9.17, 15) is 17.6 Å². The second-order valence-corrected chi connectivity index (χ2v) is 9.92. The maximum atomic E-state index is 13.8. The summed E-state index contributed by atoms with van der Waals surface area (Å²) >= 11 is 0. The fourth-order valence-corrected chi connectivity index (χ4v) is 6.07. The van der Waals surface area contributed by atoms with Crippen LogP contribution in [0.3, 0.4) is 0 Å². The minimum atomic E-state index is -3.84. The van der Waals surface area contributed by atoms with Gasteiger partial charge in [-0.3, -0.25) is 4.79 Å². The topological polar surface area (TPSA) is 75.7 Å². The van der Waals surface area contributed by atoms with Crippen molar-refractivity contribution in [2.24, 2.45) is 0 Å². The molecule has 6 nitrogen and oxygen atoms in total. The van der Waals surface area contributed by atoms with Crippen molar-refractivity contribution in [1.82, 2.24) is 9.62 Å². The quantitative estimate of drug-likeness (QED) is 0.758. The van der Waals surface area contributed by atoms with E-state index in [1.165, 1.54) is 31.4 Å². The first-order chi connectivity index (χ1) is 14.8. The number of halogens is 1. The maximum absolute atomic E-state index is 13.8. The monoisotopic (exact) mass is 446 g/mol. The minimum Gasteiger partial charge on any atom is -0.495 e. The molecule has 0 radical (unpaired) electrons. The zero-order valence-corrected chi connectivity index (χ0v) is 18.5. The SMILES string of the molecule is COc1ccc(C(=O)N2CCc3ccc(F)cc3C2C)cc1S(=O)(=O)NC1CCCC1. The van der Waals surface area contributed by atoms with E-state index in [0.29, 0.717) is 13.0 Å². The molecule has 31 heavy (non-hydrogen) atoms. The van der Waals surface area contributed by atoms with Crippen LogP contribution in [0.15, 0.2) is 41.3 Å². The van der Waals surface area contributed by atoms with Crippen LogP contribution in [0.4, 0.5) is 4.39 Å². The van der Waals surface area contributed by atoms with Gasteiger partial charge in [0, 0.05) is 18.2 Å². The zero-order chi connectivity index (χ0) is 22.2. The summed E-state index contributed by atoms with van der Waals surface area (Å²) in [7, 11) is -2.43. The number of ether oxygens (including phenoxy) is 1. The molecule has 0 spiro atoms. The highest BCUT2D eigenvalue weighted by atomic mass is 32.2. The van der Waals surface area contributed by atoms with Crippen LogP contribution in [0.25, 0.3) is 0 Å². The summed E-state index contributed by atoms with van der Waals surface area (Å²) in [5, 5.41) is 0. The van der Waals surface area contributed by atoms with Crippen molar-refractivity contribution in [2.75, 3.05) is 13.7 Å². The predicted molar refractivity (Wildman–Crippen MR) is 115 cm³/mol. The van der Waals surface area contributed by atoms with Crippen molar-refractivity contribution in [1.29, 1.82) is 0 Å². The van der Waals surface area contributed by atoms with Gasteiger partial charge in [-0.15, -0.1) is 0 Å². The largest absolute Gasteiger partial charge is 0.495 e. The molecule has 0 bridgehead atoms. The Balaban J connectivity index is 1.64. The minimum absolute atomic E-state index is 0.0381. The van der Waals surface area contributed by atoms with E-state index in [1.54, 1.807) is 17.0 Å². The number of nitrogens with zero attached hydrogens (tertiary/aromatic N) is 1. The number of carbonyl (C=O) groups excluding carboxylic acids is 1. The highest BCUT2D eigenvalue weighted by molar-refractivity contribution is 7.89. The lowest BCUT2D eigenvalue weighted by Gasteiger charge is -2.35. The number of amides is 1. The molecule has 1 unspecified atom stereocenters. The van der Waals surface area contributed by atoms with Crippen LogP contribution in [0.5, 0.6) is 5.75 Å². The van der Waals surface area contributed by atoms with E-state index in [1.807, 2.05) is 6.92 Å². The summed E-state index contributed by atoms with van der Waals surface area (Å²) in [6, 6.07) is 8.72. The van der Waals surface area contributed by atoms with Crippen molar-refractivity contribution < 1.29 is 22.3 Å². The Morgan fingerprint density at radius 1 is 1.16 bits per heavy atom. The molecule has 0 aromatic heterocycles. The molecule has 4 rings (SSSR count). The van der Waals surface area contributed by atoms with Gasteiger partial charge in [0.25, 0.3) is 5.91 Å². The lowest BCUT2D eigenvalue weighted by atomic mass is 9.93. The van der Waals surface area contributed by atoms with E-state index in [-0.39, 0.29) is 40.0 Å². The predicted octanol–water partition coefficient (Wildman–Crippen LogP) is 3.81. The first-order valence-corrected chi connectivity index (χ1v) is 12.1. The molecule has 2 aromatic carbocycles. The van der Waals surface area contributed by atoms with Gasteiger partial charge in [-0.25, -0.2) is 17.5 Å². The fourth-order valence-electron chi connectivity index (χ4n) is 4.57. The Morgan fingerprint density at radius 2 is 1.90 bits per heavy atom. The molecule has 1 aliphatic heterocycles. The standard InChI is InChI=1S/C23H27FN2O4S/c1-15-20-14-18(24)9-7-16(20)11-12-26(15)23(27)17-8-10-21(30-2)22(13-17)31(28,29)25-19-5-3-4-6-19/h7-10,13-15,19,25H,3-6,11-12H2,1-2H3. The zero-order valence-electron chi connectivity index (χ0n) is 17.7. The Kier molecular flexibility index (Phi) is 6.03. The number of carbonyl (C=O) groups is 1. The van der Waals surface area contributed by atoms with Crippen molar-refractivity contribution in [2.45, 2.75) is 56.0 Å². The number of benzene rings is 2. The Bertz CT molecular complexity index is 1100. The Morgan fingerprint density at radius 3 is 2.61 bits per heavy atom. The van der Waals surface area contributed by atoms with Crippen LogP contribution in [0.1, 0.15) is 60.1 Å². The van der Waals surface area contributed by atoms with Crippen molar-refractivity contribution in [3.63, 3.8) is 0 Å². The number of rotatable bonds is 5. The molecule has 1 N–H and O–H groups in total. The van der Waals surface area contributed by atoms with Crippen molar-refractivity contribution in [3.8, 4) is 5.75 Å². The number of nitrogens with one attached hydrogen (secondary N) is 1. The van der Waals surface area contributed by atoms with E-state index >= 15 is 0 Å². The maximum Gasteiger partial charge on any atom is 0.254 e. The number of hydrogen-bond donors (Lipinski definition) is 1. The van der Waals surface area contributed by atoms with E-state index < -0.39 is 10.0 Å². The molecule has 1 heterocycles.